The Labute approximate surface area is 70.3 Å². The first-order valence-electron chi connectivity index (χ1n) is 2.41. The van der Waals surface area contributed by atoms with Crippen molar-refractivity contribution < 1.29 is 21.1 Å². The van der Waals surface area contributed by atoms with Gasteiger partial charge in [-0.25, -0.2) is 0 Å². The van der Waals surface area contributed by atoms with Gasteiger partial charge in [0.05, 0.1) is 0 Å². The molecule has 0 aliphatic heterocycles. The van der Waals surface area contributed by atoms with Crippen LogP contribution in [-0.4, -0.2) is 0 Å². The maximum absolute atomic E-state index is 3.25. The average molecular weight is 288 g/mol. The molecule has 0 N–H and O–H groups in total. The molecular formula is C7H20W. The van der Waals surface area contributed by atoms with Crippen molar-refractivity contribution in [3.05, 3.63) is 13.8 Å². The molecule has 0 aliphatic carbocycles. The molecule has 0 aliphatic rings. The van der Waals surface area contributed by atoms with Crippen molar-refractivity contribution in [1.29, 1.82) is 0 Å². The summed E-state index contributed by atoms with van der Waals surface area (Å²) in [5.41, 5.74) is 0. The number of hydrogen-bond acceptors (Lipinski definition) is 0. The third kappa shape index (κ3) is 457. The van der Waals surface area contributed by atoms with Crippen molar-refractivity contribution >= 4 is 0 Å². The Balaban J connectivity index is -0.00000000500. The summed E-state index contributed by atoms with van der Waals surface area (Å²) < 4.78 is 0. The fraction of sp³-hybridized carbons (Fsp3) is 0.714. The van der Waals surface area contributed by atoms with Crippen LogP contribution in [0, 0.1) is 13.8 Å². The molecule has 0 aromatic heterocycles. The fourth-order valence-corrected chi connectivity index (χ4v) is 0. The van der Waals surface area contributed by atoms with Crippen LogP contribution in [-0.2, 0) is 21.1 Å². The summed E-state index contributed by atoms with van der Waals surface area (Å²) in [7, 11) is 0. The Kier molecular flexibility index (Phi) is 3430. The van der Waals surface area contributed by atoms with Gasteiger partial charge in [0.25, 0.3) is 0 Å². The normalized spacial score (nSPS) is 2.25. The molecule has 0 rings (SSSR count). The predicted molar refractivity (Wildman–Crippen MR) is 40.1 cm³/mol. The van der Waals surface area contributed by atoms with Crippen LogP contribution in [0.4, 0.5) is 0 Å². The van der Waals surface area contributed by atoms with Gasteiger partial charge in [0.15, 0.2) is 0 Å². The molecule has 0 saturated heterocycles. The first kappa shape index (κ1) is 37.8. The molecule has 0 spiro atoms. The van der Waals surface area contributed by atoms with Crippen LogP contribution < -0.4 is 0 Å². The van der Waals surface area contributed by atoms with Gasteiger partial charge in [-0.2, -0.15) is 13.8 Å². The summed E-state index contributed by atoms with van der Waals surface area (Å²) in [6.07, 6.45) is 0. The van der Waals surface area contributed by atoms with E-state index in [9.17, 15) is 0 Å². The monoisotopic (exact) mass is 288 g/mol. The van der Waals surface area contributed by atoms with Gasteiger partial charge in [0.2, 0.25) is 0 Å². The molecule has 0 radical (unpaired) electrons. The Bertz CT molecular complexity index is 4.35. The van der Waals surface area contributed by atoms with E-state index < -0.39 is 0 Å². The van der Waals surface area contributed by atoms with Gasteiger partial charge in [-0.05, 0) is 0 Å². The van der Waals surface area contributed by atoms with E-state index >= 15 is 0 Å². The summed E-state index contributed by atoms with van der Waals surface area (Å²) in [5, 5.41) is 0. The van der Waals surface area contributed by atoms with Crippen molar-refractivity contribution in [3.63, 3.8) is 0 Å². The minimum absolute atomic E-state index is 0. The molecule has 0 unspecified atom stereocenters. The van der Waals surface area contributed by atoms with Gasteiger partial charge in [-0.1, -0.05) is 21.3 Å². The molecule has 0 fully saturated rings. The summed E-state index contributed by atoms with van der Waals surface area (Å²) in [5.74, 6) is 0. The Morgan fingerprint density at radius 2 is 0.750 bits per heavy atom. The van der Waals surface area contributed by atoms with Crippen LogP contribution in [0.15, 0.2) is 0 Å². The van der Waals surface area contributed by atoms with Gasteiger partial charge in [-0.3, -0.25) is 0 Å². The number of rotatable bonds is 0. The molecule has 0 nitrogen and oxygen atoms in total. The van der Waals surface area contributed by atoms with Crippen LogP contribution in [0.5, 0.6) is 0 Å². The Morgan fingerprint density at radius 1 is 0.750 bits per heavy atom. The SMILES string of the molecule is C.CC.[CH2-]C.[CH2-]C.[W+2]. The van der Waals surface area contributed by atoms with E-state index in [-0.39, 0.29) is 28.5 Å². The summed E-state index contributed by atoms with van der Waals surface area (Å²) in [6.45, 7) is 14.0. The van der Waals surface area contributed by atoms with E-state index in [1.807, 2.05) is 13.8 Å². The molecule has 8 heavy (non-hydrogen) atoms. The van der Waals surface area contributed by atoms with Gasteiger partial charge < -0.3 is 13.8 Å². The van der Waals surface area contributed by atoms with Gasteiger partial charge in [-0.15, -0.1) is 0 Å². The molecule has 1 heteroatoms. The second-order valence-corrected chi connectivity index (χ2v) is 0. The molecule has 0 aromatic rings. The van der Waals surface area contributed by atoms with Crippen LogP contribution in [0.25, 0.3) is 0 Å². The second-order valence-electron chi connectivity index (χ2n) is 0. The van der Waals surface area contributed by atoms with Crippen molar-refractivity contribution in [2.24, 2.45) is 0 Å². The Morgan fingerprint density at radius 3 is 0.750 bits per heavy atom. The zero-order chi connectivity index (χ0) is 6.00. The van der Waals surface area contributed by atoms with Crippen LogP contribution in [0.3, 0.4) is 0 Å². The van der Waals surface area contributed by atoms with Gasteiger partial charge in [0.1, 0.15) is 0 Å². The minimum Gasteiger partial charge on any atom is -0.346 e. The average Bonchev–Trinajstić information content (AvgIpc) is 1.81. The maximum Gasteiger partial charge on any atom is 2.00 e. The van der Waals surface area contributed by atoms with Crippen LogP contribution in [0.1, 0.15) is 35.1 Å². The molecule has 0 saturated carbocycles. The zero-order valence-corrected chi connectivity index (χ0v) is 8.76. The van der Waals surface area contributed by atoms with Gasteiger partial charge in [0, 0.05) is 0 Å². The minimum atomic E-state index is 0. The number of hydrogen-bond donors (Lipinski definition) is 0. The molecular weight excluding hydrogens is 268 g/mol. The summed E-state index contributed by atoms with van der Waals surface area (Å²) in [6, 6.07) is 0. The van der Waals surface area contributed by atoms with E-state index in [1.165, 1.54) is 0 Å². The van der Waals surface area contributed by atoms with E-state index in [0.717, 1.165) is 0 Å². The Hall–Kier alpha value is 0.688. The molecule has 0 heterocycles. The molecule has 0 amide bonds. The van der Waals surface area contributed by atoms with Gasteiger partial charge >= 0.3 is 21.1 Å². The van der Waals surface area contributed by atoms with E-state index in [4.69, 9.17) is 0 Å². The summed E-state index contributed by atoms with van der Waals surface area (Å²) >= 11 is 0. The predicted octanol–water partition coefficient (Wildman–Crippen LogP) is 3.34. The largest absolute Gasteiger partial charge is 2.00 e. The third-order valence-corrected chi connectivity index (χ3v) is 0. The standard InChI is InChI=1S/C2H6.2C2H5.CH4.W/c3*1-2;;/h1-2H3;2*1H2,2H3;1H4;/q;2*-1;;+2. The third-order valence-electron chi connectivity index (χ3n) is 0. The smallest absolute Gasteiger partial charge is 0.346 e. The maximum atomic E-state index is 3.25. The van der Waals surface area contributed by atoms with E-state index in [2.05, 4.69) is 13.8 Å². The van der Waals surface area contributed by atoms with Crippen molar-refractivity contribution in [2.45, 2.75) is 35.1 Å². The van der Waals surface area contributed by atoms with Crippen molar-refractivity contribution in [2.75, 3.05) is 0 Å². The molecule has 0 bridgehead atoms. The summed E-state index contributed by atoms with van der Waals surface area (Å²) in [4.78, 5) is 0. The van der Waals surface area contributed by atoms with Crippen LogP contribution >= 0.6 is 0 Å². The fourth-order valence-electron chi connectivity index (χ4n) is 0. The first-order valence-corrected chi connectivity index (χ1v) is 2.41. The van der Waals surface area contributed by atoms with Crippen molar-refractivity contribution in [1.82, 2.24) is 0 Å². The first-order chi connectivity index (χ1) is 3.00. The molecule has 0 atom stereocenters. The van der Waals surface area contributed by atoms with E-state index in [0.29, 0.717) is 0 Å². The second kappa shape index (κ2) is 726. The zero-order valence-electron chi connectivity index (χ0n) is 5.82. The quantitative estimate of drug-likeness (QED) is 0.600. The van der Waals surface area contributed by atoms with Crippen molar-refractivity contribution in [3.8, 4) is 0 Å². The van der Waals surface area contributed by atoms with E-state index in [1.54, 1.807) is 13.8 Å². The van der Waals surface area contributed by atoms with Crippen LogP contribution in [0.2, 0.25) is 0 Å². The topological polar surface area (TPSA) is 0 Å². The molecule has 54 valence electrons. The molecule has 0 aromatic carbocycles.